The van der Waals surface area contributed by atoms with Gasteiger partial charge in [-0.05, 0) is 50.2 Å². The minimum absolute atomic E-state index is 0.0782. The predicted molar refractivity (Wildman–Crippen MR) is 95.9 cm³/mol. The van der Waals surface area contributed by atoms with Gasteiger partial charge in [-0.3, -0.25) is 4.79 Å². The maximum Gasteiger partial charge on any atom is 0.287 e. The fourth-order valence-electron chi connectivity index (χ4n) is 3.79. The summed E-state index contributed by atoms with van der Waals surface area (Å²) in [5.74, 6) is 1.27. The third-order valence-corrected chi connectivity index (χ3v) is 5.37. The van der Waals surface area contributed by atoms with Crippen LogP contribution in [0.1, 0.15) is 53.5 Å². The summed E-state index contributed by atoms with van der Waals surface area (Å²) in [7, 11) is 0. The van der Waals surface area contributed by atoms with E-state index in [1.54, 1.807) is 12.1 Å². The number of hydrogen-bond acceptors (Lipinski definition) is 6. The molecule has 138 valence electrons. The zero-order valence-corrected chi connectivity index (χ0v) is 14.7. The molecule has 0 aromatic carbocycles. The summed E-state index contributed by atoms with van der Waals surface area (Å²) in [6.07, 6.45) is 8.08. The number of carbonyl (C=O) groups excluding carboxylic acids is 1. The number of piperidine rings is 1. The van der Waals surface area contributed by atoms with E-state index in [0.29, 0.717) is 11.7 Å². The Balaban J connectivity index is 1.48. The van der Waals surface area contributed by atoms with Gasteiger partial charge < -0.3 is 19.7 Å². The standard InChI is InChI=1S/C19H24N4O3/c24-12-13-6-8-23(9-7-13)19-20-11-14-15(3-1-4-16(14)22-19)21-18(25)17-5-2-10-26-17/h2,5,10-11,13,15,24H,1,3-4,6-9,12H2,(H,21,25)/t15-/m0/s1. The van der Waals surface area contributed by atoms with E-state index in [4.69, 9.17) is 9.40 Å². The normalized spacial score (nSPS) is 20.7. The van der Waals surface area contributed by atoms with E-state index in [1.165, 1.54) is 6.26 Å². The summed E-state index contributed by atoms with van der Waals surface area (Å²) in [6.45, 7) is 2.02. The minimum atomic E-state index is -0.206. The van der Waals surface area contributed by atoms with E-state index < -0.39 is 0 Å². The molecule has 7 nitrogen and oxygen atoms in total. The van der Waals surface area contributed by atoms with Crippen LogP contribution in [-0.4, -0.2) is 40.7 Å². The lowest BCUT2D eigenvalue weighted by Crippen LogP contribution is -2.36. The molecule has 0 spiro atoms. The average Bonchev–Trinajstić information content (AvgIpc) is 3.23. The highest BCUT2D eigenvalue weighted by atomic mass is 16.3. The first-order chi connectivity index (χ1) is 12.7. The Hall–Kier alpha value is -2.41. The number of aromatic nitrogens is 2. The van der Waals surface area contributed by atoms with Gasteiger partial charge in [0.25, 0.3) is 5.91 Å². The fraction of sp³-hybridized carbons (Fsp3) is 0.526. The van der Waals surface area contributed by atoms with Crippen molar-refractivity contribution < 1.29 is 14.3 Å². The first-order valence-corrected chi connectivity index (χ1v) is 9.30. The summed E-state index contributed by atoms with van der Waals surface area (Å²) >= 11 is 0. The molecule has 1 aliphatic heterocycles. The van der Waals surface area contributed by atoms with Crippen molar-refractivity contribution in [1.29, 1.82) is 0 Å². The molecule has 0 radical (unpaired) electrons. The highest BCUT2D eigenvalue weighted by Crippen LogP contribution is 2.30. The number of rotatable bonds is 4. The molecule has 3 heterocycles. The number of furan rings is 1. The number of aryl methyl sites for hydroxylation is 1. The number of fused-ring (bicyclic) bond motifs is 1. The molecule has 1 atom stereocenters. The minimum Gasteiger partial charge on any atom is -0.459 e. The van der Waals surface area contributed by atoms with Crippen molar-refractivity contribution in [3.8, 4) is 0 Å². The van der Waals surface area contributed by atoms with Crippen LogP contribution in [-0.2, 0) is 6.42 Å². The highest BCUT2D eigenvalue weighted by Gasteiger charge is 2.27. The van der Waals surface area contributed by atoms with Crippen molar-refractivity contribution in [2.24, 2.45) is 5.92 Å². The van der Waals surface area contributed by atoms with E-state index in [0.717, 1.165) is 62.4 Å². The van der Waals surface area contributed by atoms with Crippen molar-refractivity contribution in [3.05, 3.63) is 41.6 Å². The lowest BCUT2D eigenvalue weighted by molar-refractivity contribution is 0.0904. The van der Waals surface area contributed by atoms with E-state index in [9.17, 15) is 9.90 Å². The predicted octanol–water partition coefficient (Wildman–Crippen LogP) is 2.09. The van der Waals surface area contributed by atoms with Crippen LogP contribution in [0, 0.1) is 5.92 Å². The number of amides is 1. The molecule has 7 heteroatoms. The zero-order valence-electron chi connectivity index (χ0n) is 14.7. The van der Waals surface area contributed by atoms with E-state index >= 15 is 0 Å². The highest BCUT2D eigenvalue weighted by molar-refractivity contribution is 5.91. The molecule has 1 fully saturated rings. The van der Waals surface area contributed by atoms with Gasteiger partial charge in [0, 0.05) is 31.5 Å². The van der Waals surface area contributed by atoms with E-state index in [-0.39, 0.29) is 18.6 Å². The van der Waals surface area contributed by atoms with Gasteiger partial charge in [0.05, 0.1) is 18.0 Å². The van der Waals surface area contributed by atoms with Crippen LogP contribution in [0.25, 0.3) is 0 Å². The molecule has 2 aromatic rings. The quantitative estimate of drug-likeness (QED) is 0.872. The molecule has 1 amide bonds. The van der Waals surface area contributed by atoms with Gasteiger partial charge in [0.1, 0.15) is 0 Å². The second-order valence-corrected chi connectivity index (χ2v) is 7.08. The number of aliphatic hydroxyl groups excluding tert-OH is 1. The molecule has 2 N–H and O–H groups in total. The topological polar surface area (TPSA) is 91.5 Å². The largest absolute Gasteiger partial charge is 0.459 e. The van der Waals surface area contributed by atoms with Crippen molar-refractivity contribution >= 4 is 11.9 Å². The Bertz CT molecular complexity index is 754. The summed E-state index contributed by atoms with van der Waals surface area (Å²) in [6, 6.07) is 3.29. The van der Waals surface area contributed by atoms with Gasteiger partial charge in [-0.25, -0.2) is 9.97 Å². The molecule has 4 rings (SSSR count). The second kappa shape index (κ2) is 7.45. The molecule has 26 heavy (non-hydrogen) atoms. The lowest BCUT2D eigenvalue weighted by atomic mass is 9.92. The Morgan fingerprint density at radius 3 is 2.92 bits per heavy atom. The molecule has 0 bridgehead atoms. The molecular formula is C19H24N4O3. The molecule has 2 aromatic heterocycles. The van der Waals surface area contributed by atoms with Gasteiger partial charge in [-0.15, -0.1) is 0 Å². The number of anilines is 1. The van der Waals surface area contributed by atoms with Crippen molar-refractivity contribution in [2.45, 2.75) is 38.1 Å². The van der Waals surface area contributed by atoms with Gasteiger partial charge >= 0.3 is 0 Å². The van der Waals surface area contributed by atoms with Gasteiger partial charge in [0.15, 0.2) is 5.76 Å². The Morgan fingerprint density at radius 2 is 2.19 bits per heavy atom. The van der Waals surface area contributed by atoms with Gasteiger partial charge in [-0.2, -0.15) is 0 Å². The molecule has 0 unspecified atom stereocenters. The summed E-state index contributed by atoms with van der Waals surface area (Å²) in [5.41, 5.74) is 2.03. The van der Waals surface area contributed by atoms with Crippen LogP contribution in [0.15, 0.2) is 29.0 Å². The summed E-state index contributed by atoms with van der Waals surface area (Å²) < 4.78 is 5.17. The Labute approximate surface area is 152 Å². The van der Waals surface area contributed by atoms with Crippen LogP contribution in [0.2, 0.25) is 0 Å². The van der Waals surface area contributed by atoms with Crippen LogP contribution in [0.3, 0.4) is 0 Å². The number of nitrogens with zero attached hydrogens (tertiary/aromatic N) is 3. The van der Waals surface area contributed by atoms with Crippen molar-refractivity contribution in [2.75, 3.05) is 24.6 Å². The van der Waals surface area contributed by atoms with Crippen LogP contribution >= 0.6 is 0 Å². The molecule has 2 aliphatic rings. The first kappa shape index (κ1) is 17.0. The molecule has 1 aliphatic carbocycles. The zero-order chi connectivity index (χ0) is 17.9. The average molecular weight is 356 g/mol. The third kappa shape index (κ3) is 3.44. The van der Waals surface area contributed by atoms with Gasteiger partial charge in [0.2, 0.25) is 5.95 Å². The third-order valence-electron chi connectivity index (χ3n) is 5.37. The van der Waals surface area contributed by atoms with Crippen LogP contribution in [0.5, 0.6) is 0 Å². The molecule has 0 saturated carbocycles. The number of nitrogens with one attached hydrogen (secondary N) is 1. The second-order valence-electron chi connectivity index (χ2n) is 7.08. The van der Waals surface area contributed by atoms with E-state index in [1.807, 2.05) is 6.20 Å². The number of carbonyl (C=O) groups is 1. The Morgan fingerprint density at radius 1 is 1.35 bits per heavy atom. The fourth-order valence-corrected chi connectivity index (χ4v) is 3.79. The maximum atomic E-state index is 12.3. The van der Waals surface area contributed by atoms with Crippen molar-refractivity contribution in [1.82, 2.24) is 15.3 Å². The first-order valence-electron chi connectivity index (χ1n) is 9.30. The number of hydrogen-bond donors (Lipinski definition) is 2. The maximum absolute atomic E-state index is 12.3. The smallest absolute Gasteiger partial charge is 0.287 e. The van der Waals surface area contributed by atoms with E-state index in [2.05, 4.69) is 15.2 Å². The lowest BCUT2D eigenvalue weighted by Gasteiger charge is -2.32. The molecule has 1 saturated heterocycles. The summed E-state index contributed by atoms with van der Waals surface area (Å²) in [5, 5.41) is 12.3. The van der Waals surface area contributed by atoms with Gasteiger partial charge in [-0.1, -0.05) is 0 Å². The van der Waals surface area contributed by atoms with Crippen molar-refractivity contribution in [3.63, 3.8) is 0 Å². The Kier molecular flexibility index (Phi) is 4.88. The summed E-state index contributed by atoms with van der Waals surface area (Å²) in [4.78, 5) is 23.8. The monoisotopic (exact) mass is 356 g/mol. The molecular weight excluding hydrogens is 332 g/mol. The van der Waals surface area contributed by atoms with Crippen LogP contribution < -0.4 is 10.2 Å². The number of aliphatic hydroxyl groups is 1. The van der Waals surface area contributed by atoms with Crippen LogP contribution in [0.4, 0.5) is 5.95 Å². The SMILES string of the molecule is O=C(N[C@H]1CCCc2nc(N3CCC(CO)CC3)ncc21)c1ccco1.